The molecule has 0 saturated heterocycles. The minimum Gasteiger partial charge on any atom is -0.374 e. The van der Waals surface area contributed by atoms with Crippen LogP contribution in [-0.2, 0) is 0 Å². The maximum atomic E-state index is 6.17. The first-order valence-electron chi connectivity index (χ1n) is 5.97. The normalized spacial score (nSPS) is 10.9. The summed E-state index contributed by atoms with van der Waals surface area (Å²) in [6.45, 7) is 3.96. The smallest absolute Gasteiger partial charge is 0.203 e. The summed E-state index contributed by atoms with van der Waals surface area (Å²) >= 11 is 7.51. The van der Waals surface area contributed by atoms with Gasteiger partial charge in [0.2, 0.25) is 5.13 Å². The number of aromatic nitrogens is 4. The van der Waals surface area contributed by atoms with Gasteiger partial charge in [0, 0.05) is 5.02 Å². The Kier molecular flexibility index (Phi) is 3.19. The summed E-state index contributed by atoms with van der Waals surface area (Å²) in [5.41, 5.74) is 9.48. The lowest BCUT2D eigenvalue weighted by Gasteiger charge is -2.09. The molecule has 7 heteroatoms. The van der Waals surface area contributed by atoms with Crippen LogP contribution in [-0.4, -0.2) is 20.0 Å². The lowest BCUT2D eigenvalue weighted by Crippen LogP contribution is -2.01. The van der Waals surface area contributed by atoms with E-state index in [1.165, 1.54) is 11.3 Å². The van der Waals surface area contributed by atoms with Crippen LogP contribution in [0.1, 0.15) is 11.3 Å². The summed E-state index contributed by atoms with van der Waals surface area (Å²) in [6, 6.07) is 5.76. The SMILES string of the molecule is Cc1c(Cl)cccc1-n1ncc(-c2nnc(N)s2)c1C. The highest BCUT2D eigenvalue weighted by Gasteiger charge is 2.15. The molecule has 2 aromatic heterocycles. The predicted molar refractivity (Wildman–Crippen MR) is 81.4 cm³/mol. The van der Waals surface area contributed by atoms with Crippen LogP contribution in [0.3, 0.4) is 0 Å². The average Bonchev–Trinajstić information content (AvgIpc) is 2.99. The molecule has 0 unspecified atom stereocenters. The second-order valence-electron chi connectivity index (χ2n) is 4.38. The Morgan fingerprint density at radius 1 is 1.25 bits per heavy atom. The number of nitrogens with two attached hydrogens (primary N) is 1. The molecule has 0 atom stereocenters. The summed E-state index contributed by atoms with van der Waals surface area (Å²) in [4.78, 5) is 0. The zero-order valence-electron chi connectivity index (χ0n) is 11.0. The Morgan fingerprint density at radius 3 is 2.75 bits per heavy atom. The summed E-state index contributed by atoms with van der Waals surface area (Å²) in [5, 5.41) is 14.3. The fraction of sp³-hybridized carbons (Fsp3) is 0.154. The van der Waals surface area contributed by atoms with Crippen molar-refractivity contribution in [2.45, 2.75) is 13.8 Å². The number of rotatable bonds is 2. The molecule has 0 aliphatic heterocycles. The molecule has 0 radical (unpaired) electrons. The molecule has 102 valence electrons. The predicted octanol–water partition coefficient (Wildman–Crippen LogP) is 3.24. The van der Waals surface area contributed by atoms with E-state index in [-0.39, 0.29) is 0 Å². The van der Waals surface area contributed by atoms with Gasteiger partial charge in [-0.1, -0.05) is 29.0 Å². The second kappa shape index (κ2) is 4.88. The van der Waals surface area contributed by atoms with E-state index in [4.69, 9.17) is 17.3 Å². The number of hydrogen-bond donors (Lipinski definition) is 1. The number of nitrogen functional groups attached to an aromatic ring is 1. The van der Waals surface area contributed by atoms with E-state index in [1.807, 2.05) is 36.7 Å². The van der Waals surface area contributed by atoms with Gasteiger partial charge in [-0.2, -0.15) is 5.10 Å². The maximum Gasteiger partial charge on any atom is 0.203 e. The van der Waals surface area contributed by atoms with E-state index < -0.39 is 0 Å². The third-order valence-electron chi connectivity index (χ3n) is 3.15. The fourth-order valence-corrected chi connectivity index (χ4v) is 2.87. The Morgan fingerprint density at radius 2 is 2.05 bits per heavy atom. The van der Waals surface area contributed by atoms with E-state index in [2.05, 4.69) is 15.3 Å². The van der Waals surface area contributed by atoms with E-state index >= 15 is 0 Å². The highest BCUT2D eigenvalue weighted by atomic mass is 35.5. The van der Waals surface area contributed by atoms with Gasteiger partial charge < -0.3 is 5.73 Å². The minimum atomic E-state index is 0.450. The molecular weight excluding hydrogens is 294 g/mol. The van der Waals surface area contributed by atoms with Crippen molar-refractivity contribution in [2.24, 2.45) is 0 Å². The lowest BCUT2D eigenvalue weighted by molar-refractivity contribution is 0.840. The van der Waals surface area contributed by atoms with Crippen LogP contribution in [0.5, 0.6) is 0 Å². The first-order valence-corrected chi connectivity index (χ1v) is 7.17. The van der Waals surface area contributed by atoms with Crippen molar-refractivity contribution in [3.63, 3.8) is 0 Å². The van der Waals surface area contributed by atoms with Crippen LogP contribution in [0.4, 0.5) is 5.13 Å². The maximum absolute atomic E-state index is 6.17. The van der Waals surface area contributed by atoms with E-state index in [0.29, 0.717) is 5.13 Å². The van der Waals surface area contributed by atoms with Crippen LogP contribution in [0.2, 0.25) is 5.02 Å². The van der Waals surface area contributed by atoms with Crippen LogP contribution in [0, 0.1) is 13.8 Å². The molecule has 2 N–H and O–H groups in total. The van der Waals surface area contributed by atoms with Crippen molar-refractivity contribution in [3.8, 4) is 16.3 Å². The van der Waals surface area contributed by atoms with Gasteiger partial charge in [-0.05, 0) is 31.5 Å². The molecule has 0 bridgehead atoms. The molecule has 5 nitrogen and oxygen atoms in total. The number of nitrogens with zero attached hydrogens (tertiary/aromatic N) is 4. The highest BCUT2D eigenvalue weighted by Crippen LogP contribution is 2.30. The van der Waals surface area contributed by atoms with Gasteiger partial charge in [0.15, 0.2) is 5.01 Å². The molecule has 0 spiro atoms. The first-order chi connectivity index (χ1) is 9.58. The number of benzene rings is 1. The van der Waals surface area contributed by atoms with Gasteiger partial charge in [0.1, 0.15) is 0 Å². The van der Waals surface area contributed by atoms with Gasteiger partial charge in [-0.15, -0.1) is 10.2 Å². The molecule has 3 aromatic rings. The Balaban J connectivity index is 2.13. The van der Waals surface area contributed by atoms with Crippen molar-refractivity contribution >= 4 is 28.1 Å². The molecule has 0 fully saturated rings. The first kappa shape index (κ1) is 13.1. The molecule has 0 amide bonds. The van der Waals surface area contributed by atoms with E-state index in [0.717, 1.165) is 32.5 Å². The number of anilines is 1. The Hall–Kier alpha value is -1.92. The molecular formula is C13H12ClN5S. The van der Waals surface area contributed by atoms with Crippen molar-refractivity contribution in [3.05, 3.63) is 40.7 Å². The molecule has 3 rings (SSSR count). The van der Waals surface area contributed by atoms with Crippen molar-refractivity contribution in [1.82, 2.24) is 20.0 Å². The lowest BCUT2D eigenvalue weighted by atomic mass is 10.2. The zero-order valence-corrected chi connectivity index (χ0v) is 12.5. The van der Waals surface area contributed by atoms with Crippen molar-refractivity contribution < 1.29 is 0 Å². The van der Waals surface area contributed by atoms with Gasteiger partial charge in [0.25, 0.3) is 0 Å². The number of halogens is 1. The monoisotopic (exact) mass is 305 g/mol. The van der Waals surface area contributed by atoms with Crippen molar-refractivity contribution in [2.75, 3.05) is 5.73 Å². The van der Waals surface area contributed by atoms with Crippen LogP contribution >= 0.6 is 22.9 Å². The molecule has 0 aliphatic carbocycles. The Bertz CT molecular complexity index is 777. The largest absolute Gasteiger partial charge is 0.374 e. The minimum absolute atomic E-state index is 0.450. The van der Waals surface area contributed by atoms with Crippen LogP contribution < -0.4 is 5.73 Å². The number of hydrogen-bond acceptors (Lipinski definition) is 5. The van der Waals surface area contributed by atoms with Crippen LogP contribution in [0.25, 0.3) is 16.3 Å². The molecule has 20 heavy (non-hydrogen) atoms. The van der Waals surface area contributed by atoms with Crippen molar-refractivity contribution in [1.29, 1.82) is 0 Å². The molecule has 2 heterocycles. The summed E-state index contributed by atoms with van der Waals surface area (Å²) in [5.74, 6) is 0. The highest BCUT2D eigenvalue weighted by molar-refractivity contribution is 7.18. The van der Waals surface area contributed by atoms with Gasteiger partial charge in [0.05, 0.1) is 23.1 Å². The van der Waals surface area contributed by atoms with Gasteiger partial charge in [-0.25, -0.2) is 4.68 Å². The summed E-state index contributed by atoms with van der Waals surface area (Å²) in [6.07, 6.45) is 1.77. The van der Waals surface area contributed by atoms with E-state index in [9.17, 15) is 0 Å². The fourth-order valence-electron chi connectivity index (χ4n) is 2.03. The van der Waals surface area contributed by atoms with E-state index in [1.54, 1.807) is 6.20 Å². The zero-order chi connectivity index (χ0) is 14.3. The third-order valence-corrected chi connectivity index (χ3v) is 4.34. The van der Waals surface area contributed by atoms with Gasteiger partial charge in [-0.3, -0.25) is 0 Å². The summed E-state index contributed by atoms with van der Waals surface area (Å²) in [7, 11) is 0. The topological polar surface area (TPSA) is 69.6 Å². The van der Waals surface area contributed by atoms with Gasteiger partial charge >= 0.3 is 0 Å². The second-order valence-corrected chi connectivity index (χ2v) is 5.80. The van der Waals surface area contributed by atoms with Crippen LogP contribution in [0.15, 0.2) is 24.4 Å². The molecule has 0 saturated carbocycles. The third kappa shape index (κ3) is 2.07. The molecule has 1 aromatic carbocycles. The quantitative estimate of drug-likeness (QED) is 0.789. The molecule has 0 aliphatic rings. The summed E-state index contributed by atoms with van der Waals surface area (Å²) < 4.78 is 1.86. The average molecular weight is 306 g/mol. The Labute approximate surface area is 125 Å². The standard InChI is InChI=1S/C13H12ClN5S/c1-7-10(14)4-3-5-11(7)19-8(2)9(6-16-19)12-17-18-13(15)20-12/h3-6H,1-2H3,(H2,15,18).